The molecule has 5 heteroatoms. The molecule has 1 aromatic rings. The van der Waals surface area contributed by atoms with Crippen LogP contribution in [0.1, 0.15) is 31.9 Å². The molecule has 22 heavy (non-hydrogen) atoms. The van der Waals surface area contributed by atoms with Gasteiger partial charge in [0.1, 0.15) is 0 Å². The van der Waals surface area contributed by atoms with Crippen LogP contribution in [0.2, 0.25) is 0 Å². The van der Waals surface area contributed by atoms with Crippen LogP contribution >= 0.6 is 0 Å². The van der Waals surface area contributed by atoms with E-state index in [1.807, 2.05) is 12.1 Å². The van der Waals surface area contributed by atoms with Crippen molar-refractivity contribution in [2.24, 2.45) is 5.73 Å². The van der Waals surface area contributed by atoms with Gasteiger partial charge in [0, 0.05) is 26.2 Å². The summed E-state index contributed by atoms with van der Waals surface area (Å²) in [5.74, 6) is -0.122. The minimum Gasteiger partial charge on any atom is -0.373 e. The van der Waals surface area contributed by atoms with Crippen LogP contribution in [0, 0.1) is 0 Å². The summed E-state index contributed by atoms with van der Waals surface area (Å²) in [7, 11) is 0. The summed E-state index contributed by atoms with van der Waals surface area (Å²) < 4.78 is 5.78. The van der Waals surface area contributed by atoms with E-state index in [-0.39, 0.29) is 18.1 Å². The molecule has 0 radical (unpaired) electrons. The second-order valence-corrected chi connectivity index (χ2v) is 6.23. The van der Waals surface area contributed by atoms with Gasteiger partial charge in [-0.25, -0.2) is 0 Å². The predicted octanol–water partition coefficient (Wildman–Crippen LogP) is 1.26. The maximum atomic E-state index is 11.6. The Bertz CT molecular complexity index is 494. The molecule has 0 aromatic heterocycles. The smallest absolute Gasteiger partial charge is 0.236 e. The number of amides is 1. The number of rotatable bonds is 5. The molecule has 3 atom stereocenters. The highest BCUT2D eigenvalue weighted by molar-refractivity contribution is 5.80. The molecule has 1 fully saturated rings. The Kier molecular flexibility index (Phi) is 5.94. The third-order valence-electron chi connectivity index (χ3n) is 3.87. The van der Waals surface area contributed by atoms with Crippen LogP contribution < -0.4 is 11.1 Å². The van der Waals surface area contributed by atoms with Gasteiger partial charge in [-0.05, 0) is 31.9 Å². The van der Waals surface area contributed by atoms with E-state index in [9.17, 15) is 4.79 Å². The Hall–Kier alpha value is -1.43. The van der Waals surface area contributed by atoms with Gasteiger partial charge < -0.3 is 15.8 Å². The van der Waals surface area contributed by atoms with Crippen molar-refractivity contribution in [3.05, 3.63) is 35.4 Å². The van der Waals surface area contributed by atoms with Crippen LogP contribution in [0.4, 0.5) is 0 Å². The Balaban J connectivity index is 2.00. The lowest BCUT2D eigenvalue weighted by Gasteiger charge is -2.35. The van der Waals surface area contributed by atoms with E-state index < -0.39 is 6.04 Å². The van der Waals surface area contributed by atoms with Crippen molar-refractivity contribution >= 4 is 5.91 Å². The van der Waals surface area contributed by atoms with Crippen LogP contribution in [0.3, 0.4) is 0 Å². The molecule has 5 nitrogen and oxygen atoms in total. The number of carbonyl (C=O) groups excluding carboxylic acids is 1. The Labute approximate surface area is 132 Å². The van der Waals surface area contributed by atoms with Crippen LogP contribution in [0.25, 0.3) is 0 Å². The summed E-state index contributed by atoms with van der Waals surface area (Å²) >= 11 is 0. The first kappa shape index (κ1) is 16.9. The highest BCUT2D eigenvalue weighted by Crippen LogP contribution is 2.17. The lowest BCUT2D eigenvalue weighted by Crippen LogP contribution is -2.45. The summed E-state index contributed by atoms with van der Waals surface area (Å²) in [5, 5.41) is 2.89. The molecule has 1 saturated heterocycles. The molecule has 0 saturated carbocycles. The van der Waals surface area contributed by atoms with Crippen molar-refractivity contribution in [3.8, 4) is 0 Å². The highest BCUT2D eigenvalue weighted by atomic mass is 16.5. The molecule has 0 bridgehead atoms. The topological polar surface area (TPSA) is 67.6 Å². The van der Waals surface area contributed by atoms with Gasteiger partial charge in [-0.1, -0.05) is 24.3 Å². The van der Waals surface area contributed by atoms with Crippen molar-refractivity contribution in [3.63, 3.8) is 0 Å². The number of morpholine rings is 1. The molecular weight excluding hydrogens is 278 g/mol. The zero-order valence-electron chi connectivity index (χ0n) is 13.7. The van der Waals surface area contributed by atoms with Crippen molar-refractivity contribution < 1.29 is 9.53 Å². The molecule has 122 valence electrons. The molecule has 1 aliphatic rings. The van der Waals surface area contributed by atoms with Crippen LogP contribution in [0.15, 0.2) is 24.3 Å². The number of ether oxygens (including phenoxy) is 1. The largest absolute Gasteiger partial charge is 0.373 e. The minimum absolute atomic E-state index is 0.122. The van der Waals surface area contributed by atoms with Gasteiger partial charge in [-0.3, -0.25) is 9.69 Å². The molecule has 3 N–H and O–H groups in total. The van der Waals surface area contributed by atoms with Crippen molar-refractivity contribution in [2.45, 2.75) is 52.1 Å². The van der Waals surface area contributed by atoms with Gasteiger partial charge in [0.05, 0.1) is 18.2 Å². The summed E-state index contributed by atoms with van der Waals surface area (Å²) in [6, 6.07) is 7.75. The number of hydrogen-bond donors (Lipinski definition) is 2. The first-order chi connectivity index (χ1) is 10.5. The summed E-state index contributed by atoms with van der Waals surface area (Å²) in [6.07, 6.45) is 0.516. The van der Waals surface area contributed by atoms with Crippen molar-refractivity contribution in [1.29, 1.82) is 0 Å². The summed E-state index contributed by atoms with van der Waals surface area (Å²) in [4.78, 5) is 14.0. The molecule has 0 aliphatic carbocycles. The molecule has 1 aliphatic heterocycles. The molecule has 0 spiro atoms. The Morgan fingerprint density at radius 3 is 2.50 bits per heavy atom. The number of carbonyl (C=O) groups is 1. The fourth-order valence-corrected chi connectivity index (χ4v) is 2.88. The van der Waals surface area contributed by atoms with Gasteiger partial charge in [-0.2, -0.15) is 0 Å². The van der Waals surface area contributed by atoms with E-state index in [1.165, 1.54) is 5.56 Å². The zero-order valence-corrected chi connectivity index (χ0v) is 13.7. The van der Waals surface area contributed by atoms with Crippen LogP contribution in [0.5, 0.6) is 0 Å². The number of nitrogens with one attached hydrogen (secondary N) is 1. The maximum Gasteiger partial charge on any atom is 0.236 e. The van der Waals surface area contributed by atoms with Gasteiger partial charge in [0.25, 0.3) is 0 Å². The minimum atomic E-state index is -0.479. The van der Waals surface area contributed by atoms with E-state index in [2.05, 4.69) is 36.2 Å². The van der Waals surface area contributed by atoms with Crippen molar-refractivity contribution in [1.82, 2.24) is 10.2 Å². The van der Waals surface area contributed by atoms with Gasteiger partial charge in [-0.15, -0.1) is 0 Å². The first-order valence-electron chi connectivity index (χ1n) is 7.93. The number of nitrogens with zero attached hydrogens (tertiary/aromatic N) is 1. The number of nitrogens with two attached hydrogens (primary N) is 1. The normalized spacial score (nSPS) is 24.0. The zero-order chi connectivity index (χ0) is 16.1. The van der Waals surface area contributed by atoms with Crippen molar-refractivity contribution in [2.75, 3.05) is 13.1 Å². The maximum absolute atomic E-state index is 11.6. The van der Waals surface area contributed by atoms with E-state index in [4.69, 9.17) is 10.5 Å². The molecule has 2 rings (SSSR count). The molecular formula is C17H27N3O2. The van der Waals surface area contributed by atoms with E-state index in [0.29, 0.717) is 6.54 Å². The van der Waals surface area contributed by atoms with Gasteiger partial charge in [0.2, 0.25) is 5.91 Å². The second kappa shape index (κ2) is 7.72. The number of hydrogen-bond acceptors (Lipinski definition) is 4. The molecule has 1 heterocycles. The highest BCUT2D eigenvalue weighted by Gasteiger charge is 2.22. The standard InChI is InChI=1S/C17H27N3O2/c1-12-9-20(10-13(2)22-12)11-16-7-5-4-6-15(16)8-19-17(21)14(3)18/h4-7,12-14H,8-11,18H2,1-3H3,(H,19,21)/t12-,13+,14-/m1/s1. The van der Waals surface area contributed by atoms with Gasteiger partial charge in [0.15, 0.2) is 0 Å². The quantitative estimate of drug-likeness (QED) is 0.859. The fraction of sp³-hybridized carbons (Fsp3) is 0.588. The third-order valence-corrected chi connectivity index (χ3v) is 3.87. The third kappa shape index (κ3) is 4.80. The fourth-order valence-electron chi connectivity index (χ4n) is 2.88. The molecule has 1 amide bonds. The summed E-state index contributed by atoms with van der Waals surface area (Å²) in [6.45, 7) is 9.18. The lowest BCUT2D eigenvalue weighted by molar-refractivity contribution is -0.122. The van der Waals surface area contributed by atoms with E-state index in [0.717, 1.165) is 25.2 Å². The Morgan fingerprint density at radius 2 is 1.91 bits per heavy atom. The Morgan fingerprint density at radius 1 is 1.32 bits per heavy atom. The average molecular weight is 305 g/mol. The first-order valence-corrected chi connectivity index (χ1v) is 7.93. The molecule has 0 unspecified atom stereocenters. The van der Waals surface area contributed by atoms with Gasteiger partial charge >= 0.3 is 0 Å². The summed E-state index contributed by atoms with van der Waals surface area (Å²) in [5.41, 5.74) is 7.97. The monoisotopic (exact) mass is 305 g/mol. The average Bonchev–Trinajstić information content (AvgIpc) is 2.44. The predicted molar refractivity (Wildman–Crippen MR) is 87.2 cm³/mol. The van der Waals surface area contributed by atoms with Crippen LogP contribution in [-0.2, 0) is 22.6 Å². The molecule has 1 aromatic carbocycles. The number of benzene rings is 1. The SMILES string of the molecule is C[C@@H]1CN(Cc2ccccc2CNC(=O)[C@@H](C)N)C[C@H](C)O1. The lowest BCUT2D eigenvalue weighted by atomic mass is 10.1. The van der Waals surface area contributed by atoms with E-state index in [1.54, 1.807) is 6.92 Å². The van der Waals surface area contributed by atoms with E-state index >= 15 is 0 Å². The second-order valence-electron chi connectivity index (χ2n) is 6.23. The van der Waals surface area contributed by atoms with Crippen LogP contribution in [-0.4, -0.2) is 42.1 Å².